The predicted molar refractivity (Wildman–Crippen MR) is 60.9 cm³/mol. The first-order chi connectivity index (χ1) is 7.20. The zero-order chi connectivity index (χ0) is 10.8. The second-order valence-corrected chi connectivity index (χ2v) is 5.38. The third-order valence-electron chi connectivity index (χ3n) is 3.27. The summed E-state index contributed by atoms with van der Waals surface area (Å²) >= 11 is 1.55. The molecule has 2 heterocycles. The highest BCUT2D eigenvalue weighted by Gasteiger charge is 2.38. The molecule has 2 saturated heterocycles. The molecule has 1 N–H and O–H groups in total. The highest BCUT2D eigenvalue weighted by molar-refractivity contribution is 8.00. The Morgan fingerprint density at radius 2 is 2.00 bits per heavy atom. The van der Waals surface area contributed by atoms with Gasteiger partial charge in [0.05, 0.1) is 6.17 Å². The fourth-order valence-corrected chi connectivity index (χ4v) is 3.71. The Hall–Kier alpha value is -0.260. The first-order valence-electron chi connectivity index (χ1n) is 5.50. The molecule has 0 spiro atoms. The fraction of sp³-hybridized carbons (Fsp3) is 0.900. The van der Waals surface area contributed by atoms with Gasteiger partial charge in [0.15, 0.2) is 5.37 Å². The average molecular weight is 230 g/mol. The third kappa shape index (κ3) is 2.29. The van der Waals surface area contributed by atoms with Gasteiger partial charge in [-0.05, 0) is 33.0 Å². The van der Waals surface area contributed by atoms with Gasteiger partial charge in [0, 0.05) is 5.75 Å². The van der Waals surface area contributed by atoms with Crippen LogP contribution in [0.1, 0.15) is 19.3 Å². The number of thioether (sulfide) groups is 1. The van der Waals surface area contributed by atoms with Crippen molar-refractivity contribution in [2.24, 2.45) is 0 Å². The van der Waals surface area contributed by atoms with Crippen molar-refractivity contribution in [2.45, 2.75) is 30.8 Å². The molecule has 15 heavy (non-hydrogen) atoms. The number of piperidine rings is 1. The van der Waals surface area contributed by atoms with Crippen LogP contribution in [0, 0.1) is 0 Å². The maximum Gasteiger partial charge on any atom is 0.331 e. The molecular weight excluding hydrogens is 212 g/mol. The van der Waals surface area contributed by atoms with Crippen molar-refractivity contribution in [3.8, 4) is 0 Å². The summed E-state index contributed by atoms with van der Waals surface area (Å²) in [6.45, 7) is 2.25. The maximum absolute atomic E-state index is 11.0. The predicted octanol–water partition coefficient (Wildman–Crippen LogP) is 0.888. The molecule has 2 atom stereocenters. The van der Waals surface area contributed by atoms with Crippen LogP contribution in [0.2, 0.25) is 0 Å². The smallest absolute Gasteiger partial charge is 0.331 e. The Labute approximate surface area is 94.6 Å². The molecule has 0 radical (unpaired) electrons. The van der Waals surface area contributed by atoms with E-state index >= 15 is 0 Å². The van der Waals surface area contributed by atoms with Crippen molar-refractivity contribution in [1.82, 2.24) is 9.80 Å². The van der Waals surface area contributed by atoms with Crippen molar-refractivity contribution >= 4 is 17.7 Å². The Bertz CT molecular complexity index is 244. The summed E-state index contributed by atoms with van der Waals surface area (Å²) in [5.74, 6) is 0.218. The van der Waals surface area contributed by atoms with E-state index in [1.165, 1.54) is 19.3 Å². The third-order valence-corrected chi connectivity index (χ3v) is 4.61. The van der Waals surface area contributed by atoms with Crippen molar-refractivity contribution < 1.29 is 9.90 Å². The van der Waals surface area contributed by atoms with E-state index in [2.05, 4.69) is 4.90 Å². The molecule has 2 aliphatic rings. The lowest BCUT2D eigenvalue weighted by molar-refractivity contribution is -0.140. The fourth-order valence-electron chi connectivity index (χ4n) is 2.39. The number of carbonyl (C=O) groups is 1. The van der Waals surface area contributed by atoms with Crippen LogP contribution in [-0.2, 0) is 4.79 Å². The molecule has 0 saturated carbocycles. The molecule has 0 bridgehead atoms. The van der Waals surface area contributed by atoms with Gasteiger partial charge in [-0.15, -0.1) is 11.8 Å². The van der Waals surface area contributed by atoms with Gasteiger partial charge >= 0.3 is 5.97 Å². The van der Waals surface area contributed by atoms with Gasteiger partial charge in [-0.25, -0.2) is 4.79 Å². The topological polar surface area (TPSA) is 43.8 Å². The molecule has 86 valence electrons. The van der Waals surface area contributed by atoms with Crippen LogP contribution in [-0.4, -0.2) is 58.3 Å². The highest BCUT2D eigenvalue weighted by Crippen LogP contribution is 2.30. The van der Waals surface area contributed by atoms with E-state index in [1.807, 2.05) is 11.9 Å². The molecule has 0 aromatic carbocycles. The first-order valence-corrected chi connectivity index (χ1v) is 6.55. The zero-order valence-corrected chi connectivity index (χ0v) is 9.87. The standard InChI is InChI=1S/C10H18N2O2S/c1-11-8(7-15-9(11)10(13)14)12-5-3-2-4-6-12/h8-9H,2-7H2,1H3,(H,13,14). The Kier molecular flexibility index (Phi) is 3.53. The summed E-state index contributed by atoms with van der Waals surface area (Å²) in [7, 11) is 1.93. The van der Waals surface area contributed by atoms with Crippen LogP contribution in [0.3, 0.4) is 0 Å². The van der Waals surface area contributed by atoms with Gasteiger partial charge in [-0.3, -0.25) is 9.80 Å². The van der Waals surface area contributed by atoms with Gasteiger partial charge in [0.2, 0.25) is 0 Å². The lowest BCUT2D eigenvalue weighted by Crippen LogP contribution is -2.49. The quantitative estimate of drug-likeness (QED) is 0.763. The summed E-state index contributed by atoms with van der Waals surface area (Å²) in [5.41, 5.74) is 0. The Morgan fingerprint density at radius 3 is 2.53 bits per heavy atom. The lowest BCUT2D eigenvalue weighted by atomic mass is 10.1. The Morgan fingerprint density at radius 1 is 1.33 bits per heavy atom. The van der Waals surface area contributed by atoms with E-state index in [0.717, 1.165) is 18.8 Å². The van der Waals surface area contributed by atoms with Gasteiger partial charge in [0.1, 0.15) is 0 Å². The second-order valence-electron chi connectivity index (χ2n) is 4.27. The van der Waals surface area contributed by atoms with Crippen molar-refractivity contribution in [2.75, 3.05) is 25.9 Å². The zero-order valence-electron chi connectivity index (χ0n) is 9.06. The van der Waals surface area contributed by atoms with E-state index < -0.39 is 5.97 Å². The minimum atomic E-state index is -0.706. The molecule has 0 aromatic heterocycles. The minimum absolute atomic E-state index is 0.330. The highest BCUT2D eigenvalue weighted by atomic mass is 32.2. The van der Waals surface area contributed by atoms with Crippen LogP contribution < -0.4 is 0 Å². The number of likely N-dealkylation sites (tertiary alicyclic amines) is 1. The summed E-state index contributed by atoms with van der Waals surface area (Å²) < 4.78 is 0. The van der Waals surface area contributed by atoms with E-state index in [9.17, 15) is 4.79 Å². The van der Waals surface area contributed by atoms with Crippen LogP contribution in [0.5, 0.6) is 0 Å². The average Bonchev–Trinajstić information content (AvgIpc) is 2.61. The summed E-state index contributed by atoms with van der Waals surface area (Å²) in [5, 5.41) is 8.67. The van der Waals surface area contributed by atoms with Crippen molar-refractivity contribution in [1.29, 1.82) is 0 Å². The summed E-state index contributed by atoms with van der Waals surface area (Å²) in [4.78, 5) is 15.4. The van der Waals surface area contributed by atoms with Crippen LogP contribution in [0.15, 0.2) is 0 Å². The first kappa shape index (κ1) is 11.2. The molecule has 2 rings (SSSR count). The molecule has 2 fully saturated rings. The van der Waals surface area contributed by atoms with E-state index in [-0.39, 0.29) is 5.37 Å². The van der Waals surface area contributed by atoms with Crippen LogP contribution >= 0.6 is 11.8 Å². The van der Waals surface area contributed by atoms with Crippen molar-refractivity contribution in [3.63, 3.8) is 0 Å². The number of hydrogen-bond donors (Lipinski definition) is 1. The van der Waals surface area contributed by atoms with Gasteiger partial charge < -0.3 is 5.11 Å². The second kappa shape index (κ2) is 4.72. The normalized spacial score (nSPS) is 34.5. The Balaban J connectivity index is 1.96. The summed E-state index contributed by atoms with van der Waals surface area (Å²) in [6, 6.07) is 0. The molecular formula is C10H18N2O2S. The van der Waals surface area contributed by atoms with E-state index in [0.29, 0.717) is 6.17 Å². The van der Waals surface area contributed by atoms with Gasteiger partial charge in [0.25, 0.3) is 0 Å². The number of carboxylic acids is 1. The molecule has 0 aliphatic carbocycles. The van der Waals surface area contributed by atoms with Crippen LogP contribution in [0.4, 0.5) is 0 Å². The molecule has 5 heteroatoms. The van der Waals surface area contributed by atoms with E-state index in [4.69, 9.17) is 5.11 Å². The monoisotopic (exact) mass is 230 g/mol. The molecule has 4 nitrogen and oxygen atoms in total. The number of aliphatic carboxylic acids is 1. The summed E-state index contributed by atoms with van der Waals surface area (Å²) in [6.07, 6.45) is 4.17. The van der Waals surface area contributed by atoms with Crippen LogP contribution in [0.25, 0.3) is 0 Å². The number of carboxylic acid groups (broad SMARTS) is 1. The van der Waals surface area contributed by atoms with Crippen molar-refractivity contribution in [3.05, 3.63) is 0 Å². The van der Waals surface area contributed by atoms with Gasteiger partial charge in [-0.1, -0.05) is 6.42 Å². The number of likely N-dealkylation sites (N-methyl/N-ethyl adjacent to an activating group) is 1. The molecule has 0 aromatic rings. The van der Waals surface area contributed by atoms with E-state index in [1.54, 1.807) is 11.8 Å². The maximum atomic E-state index is 11.0. The number of rotatable bonds is 2. The SMILES string of the molecule is CN1C(C(=O)O)SCC1N1CCCCC1. The number of nitrogens with zero attached hydrogens (tertiary/aromatic N) is 2. The molecule has 2 unspecified atom stereocenters. The molecule has 0 amide bonds. The van der Waals surface area contributed by atoms with Gasteiger partial charge in [-0.2, -0.15) is 0 Å². The lowest BCUT2D eigenvalue weighted by Gasteiger charge is -2.36. The largest absolute Gasteiger partial charge is 0.479 e. The minimum Gasteiger partial charge on any atom is -0.479 e. The molecule has 2 aliphatic heterocycles. The number of hydrogen-bond acceptors (Lipinski definition) is 4.